The minimum Gasteiger partial charge on any atom is -0.340 e. The molecule has 0 radical (unpaired) electrons. The molecule has 130 valence electrons. The molecule has 0 aromatic heterocycles. The molecule has 0 fully saturated rings. The van der Waals surface area contributed by atoms with E-state index in [2.05, 4.69) is 16.2 Å². The van der Waals surface area contributed by atoms with Crippen LogP contribution in [0.5, 0.6) is 0 Å². The lowest BCUT2D eigenvalue weighted by atomic mass is 10.1. The molecule has 0 aliphatic rings. The van der Waals surface area contributed by atoms with Crippen LogP contribution >= 0.6 is 0 Å². The van der Waals surface area contributed by atoms with Crippen molar-refractivity contribution in [1.29, 1.82) is 0 Å². The Morgan fingerprint density at radius 3 is 2.20 bits per heavy atom. The van der Waals surface area contributed by atoms with Crippen LogP contribution < -0.4 is 16.2 Å². The lowest BCUT2D eigenvalue weighted by Crippen LogP contribution is -2.48. The highest BCUT2D eigenvalue weighted by atomic mass is 19.1. The van der Waals surface area contributed by atoms with E-state index in [4.69, 9.17) is 0 Å². The number of benzene rings is 2. The van der Waals surface area contributed by atoms with Crippen LogP contribution in [0.1, 0.15) is 35.3 Å². The third kappa shape index (κ3) is 5.13. The Balaban J connectivity index is 2.05. The Hall–Kier alpha value is -3.22. The Labute approximate surface area is 144 Å². The maximum absolute atomic E-state index is 12.9. The number of hydrazine groups is 1. The number of hydrogen-bond donors (Lipinski definition) is 3. The molecule has 0 saturated carbocycles. The molecule has 2 aromatic rings. The zero-order chi connectivity index (χ0) is 18.2. The van der Waals surface area contributed by atoms with Crippen LogP contribution in [-0.2, 0) is 9.59 Å². The van der Waals surface area contributed by atoms with Crippen molar-refractivity contribution in [3.05, 3.63) is 71.5 Å². The molecule has 0 spiro atoms. The number of carbonyl (C=O) groups excluding carboxylic acids is 3. The molecule has 0 heterocycles. The minimum absolute atomic E-state index is 0.190. The van der Waals surface area contributed by atoms with Crippen molar-refractivity contribution in [3.63, 3.8) is 0 Å². The van der Waals surface area contributed by atoms with Gasteiger partial charge < -0.3 is 5.32 Å². The van der Waals surface area contributed by atoms with Gasteiger partial charge in [-0.25, -0.2) is 4.39 Å². The Morgan fingerprint density at radius 1 is 0.960 bits per heavy atom. The van der Waals surface area contributed by atoms with Gasteiger partial charge in [-0.05, 0) is 29.8 Å². The van der Waals surface area contributed by atoms with Gasteiger partial charge in [-0.15, -0.1) is 0 Å². The van der Waals surface area contributed by atoms with Crippen molar-refractivity contribution >= 4 is 17.7 Å². The van der Waals surface area contributed by atoms with E-state index in [9.17, 15) is 18.8 Å². The van der Waals surface area contributed by atoms with Gasteiger partial charge in [0.15, 0.2) is 0 Å². The summed E-state index contributed by atoms with van der Waals surface area (Å²) in [6.07, 6.45) is 0.221. The molecule has 0 aliphatic heterocycles. The molecule has 3 amide bonds. The maximum Gasteiger partial charge on any atom is 0.269 e. The Bertz CT molecular complexity index is 748. The summed E-state index contributed by atoms with van der Waals surface area (Å²) >= 11 is 0. The second-order valence-electron chi connectivity index (χ2n) is 5.22. The molecule has 2 rings (SSSR count). The maximum atomic E-state index is 12.9. The Morgan fingerprint density at radius 2 is 1.60 bits per heavy atom. The zero-order valence-electron chi connectivity index (χ0n) is 13.6. The van der Waals surface area contributed by atoms with E-state index >= 15 is 0 Å². The second kappa shape index (κ2) is 8.58. The van der Waals surface area contributed by atoms with E-state index < -0.39 is 23.7 Å². The first-order chi connectivity index (χ1) is 12.0. The minimum atomic E-state index is -0.942. The molecule has 7 heteroatoms. The highest BCUT2D eigenvalue weighted by Gasteiger charge is 2.22. The number of hydrogen-bond acceptors (Lipinski definition) is 3. The molecule has 1 unspecified atom stereocenters. The SMILES string of the molecule is CCC(=O)NC(C(=O)NNC(=O)c1ccc(F)cc1)c1ccccc1. The van der Waals surface area contributed by atoms with Gasteiger partial charge in [0.25, 0.3) is 11.8 Å². The number of halogens is 1. The van der Waals surface area contributed by atoms with Gasteiger partial charge >= 0.3 is 0 Å². The van der Waals surface area contributed by atoms with E-state index in [0.717, 1.165) is 12.1 Å². The van der Waals surface area contributed by atoms with Gasteiger partial charge in [-0.2, -0.15) is 0 Å². The van der Waals surface area contributed by atoms with Crippen LogP contribution in [0.4, 0.5) is 4.39 Å². The molecule has 0 saturated heterocycles. The molecular weight excluding hydrogens is 325 g/mol. The van der Waals surface area contributed by atoms with Crippen molar-refractivity contribution in [2.24, 2.45) is 0 Å². The Kier molecular flexibility index (Phi) is 6.22. The lowest BCUT2D eigenvalue weighted by molar-refractivity contribution is -0.129. The van der Waals surface area contributed by atoms with E-state index in [0.29, 0.717) is 5.56 Å². The summed E-state index contributed by atoms with van der Waals surface area (Å²) in [6.45, 7) is 1.67. The van der Waals surface area contributed by atoms with Crippen molar-refractivity contribution in [2.45, 2.75) is 19.4 Å². The first-order valence-electron chi connectivity index (χ1n) is 7.71. The summed E-state index contributed by atoms with van der Waals surface area (Å²) in [4.78, 5) is 36.0. The van der Waals surface area contributed by atoms with Crippen molar-refractivity contribution in [1.82, 2.24) is 16.2 Å². The van der Waals surface area contributed by atoms with Gasteiger partial charge in [-0.1, -0.05) is 37.3 Å². The van der Waals surface area contributed by atoms with Gasteiger partial charge in [0, 0.05) is 12.0 Å². The number of amides is 3. The number of nitrogens with one attached hydrogen (secondary N) is 3. The average Bonchev–Trinajstić information content (AvgIpc) is 2.64. The van der Waals surface area contributed by atoms with E-state index in [1.54, 1.807) is 37.3 Å². The van der Waals surface area contributed by atoms with Crippen LogP contribution in [0.2, 0.25) is 0 Å². The highest BCUT2D eigenvalue weighted by molar-refractivity contribution is 5.96. The largest absolute Gasteiger partial charge is 0.340 e. The van der Waals surface area contributed by atoms with Crippen LogP contribution in [-0.4, -0.2) is 17.7 Å². The third-order valence-electron chi connectivity index (χ3n) is 3.43. The quantitative estimate of drug-likeness (QED) is 0.724. The van der Waals surface area contributed by atoms with Crippen molar-refractivity contribution < 1.29 is 18.8 Å². The molecule has 0 bridgehead atoms. The molecular formula is C18H18FN3O3. The summed E-state index contributed by atoms with van der Waals surface area (Å²) in [6, 6.07) is 12.6. The molecule has 2 aromatic carbocycles. The summed E-state index contributed by atoms with van der Waals surface area (Å²) in [5, 5.41) is 2.60. The number of rotatable bonds is 5. The van der Waals surface area contributed by atoms with Crippen LogP contribution in [0, 0.1) is 5.82 Å². The summed E-state index contributed by atoms with van der Waals surface area (Å²) < 4.78 is 12.9. The van der Waals surface area contributed by atoms with Crippen LogP contribution in [0.15, 0.2) is 54.6 Å². The zero-order valence-corrected chi connectivity index (χ0v) is 13.6. The van der Waals surface area contributed by atoms with Crippen molar-refractivity contribution in [3.8, 4) is 0 Å². The highest BCUT2D eigenvalue weighted by Crippen LogP contribution is 2.12. The lowest BCUT2D eigenvalue weighted by Gasteiger charge is -2.19. The smallest absolute Gasteiger partial charge is 0.269 e. The molecule has 25 heavy (non-hydrogen) atoms. The standard InChI is InChI=1S/C18H18FN3O3/c1-2-15(23)20-16(12-6-4-3-5-7-12)18(25)22-21-17(24)13-8-10-14(19)11-9-13/h3-11,16H,2H2,1H3,(H,20,23)(H,21,24)(H,22,25). The van der Waals surface area contributed by atoms with Crippen LogP contribution in [0.25, 0.3) is 0 Å². The molecule has 3 N–H and O–H groups in total. The van der Waals surface area contributed by atoms with E-state index in [-0.39, 0.29) is 17.9 Å². The monoisotopic (exact) mass is 343 g/mol. The average molecular weight is 343 g/mol. The second-order valence-corrected chi connectivity index (χ2v) is 5.22. The summed E-state index contributed by atoms with van der Waals surface area (Å²) in [5.74, 6) is -1.95. The van der Waals surface area contributed by atoms with Crippen molar-refractivity contribution in [2.75, 3.05) is 0 Å². The van der Waals surface area contributed by atoms with Gasteiger partial charge in [0.05, 0.1) is 0 Å². The first-order valence-corrected chi connectivity index (χ1v) is 7.71. The molecule has 0 aliphatic carbocycles. The summed E-state index contributed by atoms with van der Waals surface area (Å²) in [7, 11) is 0. The fourth-order valence-electron chi connectivity index (χ4n) is 2.07. The fraction of sp³-hybridized carbons (Fsp3) is 0.167. The van der Waals surface area contributed by atoms with E-state index in [1.807, 2.05) is 0 Å². The topological polar surface area (TPSA) is 87.3 Å². The van der Waals surface area contributed by atoms with E-state index in [1.165, 1.54) is 12.1 Å². The molecule has 6 nitrogen and oxygen atoms in total. The van der Waals surface area contributed by atoms with Crippen LogP contribution in [0.3, 0.4) is 0 Å². The number of carbonyl (C=O) groups is 3. The summed E-state index contributed by atoms with van der Waals surface area (Å²) in [5.41, 5.74) is 5.30. The fourth-order valence-corrected chi connectivity index (χ4v) is 2.07. The normalized spacial score (nSPS) is 11.3. The first kappa shape index (κ1) is 18.1. The predicted molar refractivity (Wildman–Crippen MR) is 89.6 cm³/mol. The molecule has 1 atom stereocenters. The predicted octanol–water partition coefficient (Wildman–Crippen LogP) is 1.85. The van der Waals surface area contributed by atoms with Gasteiger partial charge in [0.1, 0.15) is 11.9 Å². The third-order valence-corrected chi connectivity index (χ3v) is 3.43. The van der Waals surface area contributed by atoms with Gasteiger partial charge in [-0.3, -0.25) is 25.2 Å². The van der Waals surface area contributed by atoms with Gasteiger partial charge in [0.2, 0.25) is 5.91 Å².